The topological polar surface area (TPSA) is 67.6 Å². The lowest BCUT2D eigenvalue weighted by Gasteiger charge is -2.32. The minimum Gasteiger partial charge on any atom is -0.391 e. The fourth-order valence-electron chi connectivity index (χ4n) is 2.33. The minimum atomic E-state index is -0.978. The maximum absolute atomic E-state index is 12.4. The molecule has 0 aromatic heterocycles. The van der Waals surface area contributed by atoms with Crippen LogP contribution in [-0.2, 0) is 4.79 Å². The van der Waals surface area contributed by atoms with Gasteiger partial charge in [0.25, 0.3) is 0 Å². The van der Waals surface area contributed by atoms with Crippen molar-refractivity contribution in [1.82, 2.24) is 9.80 Å². The lowest BCUT2D eigenvalue weighted by molar-refractivity contribution is -0.139. The number of carbonyl (C=O) groups excluding carboxylic acids is 1. The number of amides is 1. The molecule has 102 valence electrons. The van der Waals surface area contributed by atoms with Crippen LogP contribution in [0.1, 0.15) is 26.7 Å². The highest BCUT2D eigenvalue weighted by atomic mass is 16.3. The summed E-state index contributed by atoms with van der Waals surface area (Å²) in [6, 6.07) is 2.11. The maximum atomic E-state index is 12.4. The zero-order valence-corrected chi connectivity index (χ0v) is 11.7. The highest BCUT2D eigenvalue weighted by Gasteiger charge is 2.42. The molecule has 1 N–H and O–H groups in total. The van der Waals surface area contributed by atoms with Crippen LogP contribution in [0.2, 0.25) is 0 Å². The van der Waals surface area contributed by atoms with Crippen molar-refractivity contribution in [2.75, 3.05) is 27.2 Å². The summed E-state index contributed by atoms with van der Waals surface area (Å²) in [6.45, 7) is 4.57. The van der Waals surface area contributed by atoms with E-state index in [0.29, 0.717) is 25.9 Å². The highest BCUT2D eigenvalue weighted by Crippen LogP contribution is 2.28. The van der Waals surface area contributed by atoms with Gasteiger partial charge in [0.1, 0.15) is 5.41 Å². The van der Waals surface area contributed by atoms with Gasteiger partial charge in [-0.15, -0.1) is 0 Å². The first-order valence-corrected chi connectivity index (χ1v) is 6.39. The Morgan fingerprint density at radius 3 is 2.67 bits per heavy atom. The van der Waals surface area contributed by atoms with Crippen molar-refractivity contribution in [2.45, 2.75) is 38.8 Å². The first-order valence-electron chi connectivity index (χ1n) is 6.39. The summed E-state index contributed by atoms with van der Waals surface area (Å²) < 4.78 is 0. The van der Waals surface area contributed by atoms with Crippen molar-refractivity contribution in [1.29, 1.82) is 5.26 Å². The van der Waals surface area contributed by atoms with Crippen LogP contribution >= 0.6 is 0 Å². The number of aliphatic hydroxyl groups is 1. The number of nitrogens with zero attached hydrogens (tertiary/aromatic N) is 3. The number of carbonyl (C=O) groups is 1. The van der Waals surface area contributed by atoms with E-state index in [1.54, 1.807) is 11.8 Å². The van der Waals surface area contributed by atoms with Crippen molar-refractivity contribution in [2.24, 2.45) is 5.41 Å². The Morgan fingerprint density at radius 1 is 1.61 bits per heavy atom. The lowest BCUT2D eigenvalue weighted by Crippen LogP contribution is -2.47. The van der Waals surface area contributed by atoms with Crippen LogP contribution in [0.15, 0.2) is 0 Å². The molecule has 1 heterocycles. The number of aliphatic hydroxyl groups excluding tert-OH is 1. The van der Waals surface area contributed by atoms with Gasteiger partial charge in [-0.1, -0.05) is 6.92 Å². The molecule has 3 atom stereocenters. The molecule has 0 aliphatic carbocycles. The molecule has 5 nitrogen and oxygen atoms in total. The molecule has 18 heavy (non-hydrogen) atoms. The van der Waals surface area contributed by atoms with Gasteiger partial charge in [-0.05, 0) is 33.9 Å². The van der Waals surface area contributed by atoms with Gasteiger partial charge in [-0.2, -0.15) is 5.26 Å². The molecule has 0 radical (unpaired) electrons. The molecule has 1 fully saturated rings. The Hall–Kier alpha value is -1.12. The van der Waals surface area contributed by atoms with E-state index in [4.69, 9.17) is 0 Å². The third-order valence-electron chi connectivity index (χ3n) is 3.66. The monoisotopic (exact) mass is 253 g/mol. The number of β-amino-alcohol motifs (C(OH)–C–C–N with tert-alkyl or cyclic N) is 1. The molecular formula is C13H23N3O2. The van der Waals surface area contributed by atoms with Gasteiger partial charge in [0.2, 0.25) is 5.91 Å². The largest absolute Gasteiger partial charge is 0.391 e. The van der Waals surface area contributed by atoms with E-state index in [9.17, 15) is 15.2 Å². The normalized spacial score (nSPS) is 27.1. The van der Waals surface area contributed by atoms with Gasteiger partial charge < -0.3 is 14.9 Å². The van der Waals surface area contributed by atoms with Gasteiger partial charge in [0, 0.05) is 19.1 Å². The molecule has 0 spiro atoms. The van der Waals surface area contributed by atoms with Crippen molar-refractivity contribution >= 4 is 5.91 Å². The number of rotatable bonds is 4. The third kappa shape index (κ3) is 3.01. The molecule has 0 saturated carbocycles. The predicted octanol–water partition coefficient (Wildman–Crippen LogP) is 0.450. The zero-order valence-electron chi connectivity index (χ0n) is 11.7. The second kappa shape index (κ2) is 5.68. The number of hydrogen-bond donors (Lipinski definition) is 1. The average molecular weight is 253 g/mol. The average Bonchev–Trinajstić information content (AvgIpc) is 2.67. The molecular weight excluding hydrogens is 230 g/mol. The fourth-order valence-corrected chi connectivity index (χ4v) is 2.33. The summed E-state index contributed by atoms with van der Waals surface area (Å²) in [4.78, 5) is 16.1. The van der Waals surface area contributed by atoms with E-state index in [2.05, 4.69) is 6.07 Å². The molecule has 1 aliphatic heterocycles. The molecule has 1 saturated heterocycles. The summed E-state index contributed by atoms with van der Waals surface area (Å²) in [5.41, 5.74) is -0.978. The quantitative estimate of drug-likeness (QED) is 0.790. The Kier molecular flexibility index (Phi) is 4.71. The summed E-state index contributed by atoms with van der Waals surface area (Å²) in [6.07, 6.45) is 0.609. The second-order valence-electron chi connectivity index (χ2n) is 5.56. The van der Waals surface area contributed by atoms with Gasteiger partial charge in [-0.25, -0.2) is 0 Å². The van der Waals surface area contributed by atoms with Crippen LogP contribution in [0.5, 0.6) is 0 Å². The molecule has 0 aromatic carbocycles. The van der Waals surface area contributed by atoms with Gasteiger partial charge in [0.05, 0.1) is 12.2 Å². The number of likely N-dealkylation sites (tertiary alicyclic amines) is 1. The first kappa shape index (κ1) is 14.9. The maximum Gasteiger partial charge on any atom is 0.243 e. The molecule has 0 bridgehead atoms. The van der Waals surface area contributed by atoms with Crippen LogP contribution in [0.25, 0.3) is 0 Å². The fraction of sp³-hybridized carbons (Fsp3) is 0.846. The highest BCUT2D eigenvalue weighted by molar-refractivity contribution is 5.85. The van der Waals surface area contributed by atoms with E-state index in [1.165, 1.54) is 0 Å². The van der Waals surface area contributed by atoms with Crippen LogP contribution in [0, 0.1) is 16.7 Å². The standard InChI is InChI=1S/C13H23N3O2/c1-5-13(2,9-14)12(18)16-8-11(17)6-10(16)7-15(3)4/h10-11,17H,5-8H2,1-4H3. The Morgan fingerprint density at radius 2 is 2.22 bits per heavy atom. The van der Waals surface area contributed by atoms with E-state index in [0.717, 1.165) is 0 Å². The molecule has 3 unspecified atom stereocenters. The smallest absolute Gasteiger partial charge is 0.243 e. The molecule has 5 heteroatoms. The predicted molar refractivity (Wildman–Crippen MR) is 68.7 cm³/mol. The Bertz CT molecular complexity index is 351. The van der Waals surface area contributed by atoms with Crippen LogP contribution in [0.3, 0.4) is 0 Å². The third-order valence-corrected chi connectivity index (χ3v) is 3.66. The summed E-state index contributed by atoms with van der Waals surface area (Å²) >= 11 is 0. The van der Waals surface area contributed by atoms with Gasteiger partial charge >= 0.3 is 0 Å². The summed E-state index contributed by atoms with van der Waals surface area (Å²) in [5.74, 6) is -0.157. The second-order valence-corrected chi connectivity index (χ2v) is 5.56. The van der Waals surface area contributed by atoms with E-state index >= 15 is 0 Å². The van der Waals surface area contributed by atoms with Crippen LogP contribution in [-0.4, -0.2) is 60.1 Å². The Labute approximate surface area is 109 Å². The van der Waals surface area contributed by atoms with E-state index < -0.39 is 11.5 Å². The van der Waals surface area contributed by atoms with Crippen LogP contribution in [0.4, 0.5) is 0 Å². The minimum absolute atomic E-state index is 0.00160. The van der Waals surface area contributed by atoms with Crippen LogP contribution < -0.4 is 0 Å². The summed E-state index contributed by atoms with van der Waals surface area (Å²) in [5, 5.41) is 18.9. The number of hydrogen-bond acceptors (Lipinski definition) is 4. The summed E-state index contributed by atoms with van der Waals surface area (Å²) in [7, 11) is 3.88. The van der Waals surface area contributed by atoms with Crippen molar-refractivity contribution in [3.05, 3.63) is 0 Å². The molecule has 0 aromatic rings. The van der Waals surface area contributed by atoms with Crippen molar-refractivity contribution in [3.63, 3.8) is 0 Å². The van der Waals surface area contributed by atoms with E-state index in [-0.39, 0.29) is 11.9 Å². The lowest BCUT2D eigenvalue weighted by atomic mass is 9.87. The molecule has 1 rings (SSSR count). The SMILES string of the molecule is CCC(C)(C#N)C(=O)N1CC(O)CC1CN(C)C. The zero-order chi connectivity index (χ0) is 13.9. The van der Waals surface area contributed by atoms with Crippen molar-refractivity contribution in [3.8, 4) is 6.07 Å². The number of nitriles is 1. The molecule has 1 amide bonds. The first-order chi connectivity index (χ1) is 8.34. The number of likely N-dealkylation sites (N-methyl/N-ethyl adjacent to an activating group) is 1. The van der Waals surface area contributed by atoms with E-state index in [1.807, 2.05) is 25.9 Å². The molecule has 1 aliphatic rings. The Balaban J connectivity index is 2.86. The van der Waals surface area contributed by atoms with Gasteiger partial charge in [-0.3, -0.25) is 4.79 Å². The van der Waals surface area contributed by atoms with Gasteiger partial charge in [0.15, 0.2) is 0 Å². The van der Waals surface area contributed by atoms with Crippen molar-refractivity contribution < 1.29 is 9.90 Å².